The van der Waals surface area contributed by atoms with Gasteiger partial charge >= 0.3 is 11.9 Å². The normalized spacial score (nSPS) is 16.0. The molecule has 0 bridgehead atoms. The molecule has 0 atom stereocenters. The maximum absolute atomic E-state index is 12.2. The predicted molar refractivity (Wildman–Crippen MR) is 87.1 cm³/mol. The summed E-state index contributed by atoms with van der Waals surface area (Å²) >= 11 is 5.99. The number of ether oxygens (including phenoxy) is 1. The molecule has 120 valence electrons. The average Bonchev–Trinajstić information content (AvgIpc) is 2.73. The lowest BCUT2D eigenvalue weighted by molar-refractivity contribution is -0.140. The zero-order valence-corrected chi connectivity index (χ0v) is 13.2. The first-order valence-electron chi connectivity index (χ1n) is 6.29. The molecule has 1 aliphatic rings. The maximum Gasteiger partial charge on any atom is 0.341 e. The van der Waals surface area contributed by atoms with Crippen molar-refractivity contribution in [1.82, 2.24) is 4.90 Å². The largest absolute Gasteiger partial charge is 0.481 e. The number of carbonyl (C=O) groups is 3. The molecular weight excluding hydrogens is 342 g/mol. The molecule has 1 fully saturated rings. The third-order valence-corrected chi connectivity index (χ3v) is 4.10. The summed E-state index contributed by atoms with van der Waals surface area (Å²) in [5, 5.41) is 17.5. The number of thiocarbonyl (C=S) groups is 1. The Labute approximate surface area is 140 Å². The van der Waals surface area contributed by atoms with Crippen molar-refractivity contribution < 1.29 is 29.3 Å². The summed E-state index contributed by atoms with van der Waals surface area (Å²) < 4.78 is 5.32. The van der Waals surface area contributed by atoms with Crippen molar-refractivity contribution in [3.63, 3.8) is 0 Å². The van der Waals surface area contributed by atoms with Crippen LogP contribution in [0.4, 0.5) is 0 Å². The molecule has 0 spiro atoms. The number of nitrogens with zero attached hydrogens (tertiary/aromatic N) is 1. The van der Waals surface area contributed by atoms with Crippen LogP contribution in [0.5, 0.6) is 5.75 Å². The van der Waals surface area contributed by atoms with Crippen molar-refractivity contribution in [1.29, 1.82) is 0 Å². The molecule has 1 aromatic carbocycles. The van der Waals surface area contributed by atoms with Crippen LogP contribution >= 0.6 is 24.0 Å². The lowest BCUT2D eigenvalue weighted by atomic mass is 10.2. The molecule has 1 aromatic rings. The highest BCUT2D eigenvalue weighted by Crippen LogP contribution is 2.34. The van der Waals surface area contributed by atoms with Crippen molar-refractivity contribution in [3.8, 4) is 5.75 Å². The van der Waals surface area contributed by atoms with E-state index in [2.05, 4.69) is 0 Å². The van der Waals surface area contributed by atoms with Crippen molar-refractivity contribution in [2.45, 2.75) is 0 Å². The first-order chi connectivity index (χ1) is 10.9. The van der Waals surface area contributed by atoms with Crippen LogP contribution in [0.2, 0.25) is 0 Å². The molecule has 1 heterocycles. The number of rotatable bonds is 6. The highest BCUT2D eigenvalue weighted by Gasteiger charge is 2.33. The Hall–Kier alpha value is -2.39. The number of carboxylic acid groups (broad SMARTS) is 2. The summed E-state index contributed by atoms with van der Waals surface area (Å²) in [7, 11) is 0. The number of carbonyl (C=O) groups excluding carboxylic acids is 1. The number of hydrogen-bond donors (Lipinski definition) is 2. The van der Waals surface area contributed by atoms with Crippen LogP contribution in [0.15, 0.2) is 29.2 Å². The first-order valence-corrected chi connectivity index (χ1v) is 7.51. The van der Waals surface area contributed by atoms with Crippen molar-refractivity contribution >= 4 is 52.2 Å². The van der Waals surface area contributed by atoms with E-state index in [9.17, 15) is 14.4 Å². The van der Waals surface area contributed by atoms with Gasteiger partial charge in [-0.1, -0.05) is 42.2 Å². The Balaban J connectivity index is 2.25. The smallest absolute Gasteiger partial charge is 0.341 e. The Morgan fingerprint density at radius 2 is 1.96 bits per heavy atom. The van der Waals surface area contributed by atoms with Gasteiger partial charge in [-0.15, -0.1) is 0 Å². The van der Waals surface area contributed by atoms with Gasteiger partial charge in [0.05, 0.1) is 4.91 Å². The lowest BCUT2D eigenvalue weighted by Crippen LogP contribution is -2.33. The summed E-state index contributed by atoms with van der Waals surface area (Å²) in [4.78, 5) is 34.8. The molecule has 0 radical (unpaired) electrons. The average molecular weight is 353 g/mol. The zero-order chi connectivity index (χ0) is 17.0. The molecule has 1 aliphatic heterocycles. The van der Waals surface area contributed by atoms with Crippen LogP contribution < -0.4 is 4.74 Å². The van der Waals surface area contributed by atoms with Gasteiger partial charge in [-0.2, -0.15) is 0 Å². The fourth-order valence-electron chi connectivity index (χ4n) is 1.78. The van der Waals surface area contributed by atoms with E-state index < -0.39 is 31.0 Å². The van der Waals surface area contributed by atoms with Gasteiger partial charge in [0.2, 0.25) is 0 Å². The van der Waals surface area contributed by atoms with Crippen LogP contribution in [-0.4, -0.2) is 50.4 Å². The Morgan fingerprint density at radius 3 is 2.61 bits per heavy atom. The van der Waals surface area contributed by atoms with Gasteiger partial charge in [-0.3, -0.25) is 14.5 Å². The lowest BCUT2D eigenvalue weighted by Gasteiger charge is -2.10. The molecule has 0 aliphatic carbocycles. The SMILES string of the molecule is O=C(O)COc1ccccc1/C=C1/SC(=S)N(CC(=O)O)C1=O. The van der Waals surface area contributed by atoms with E-state index in [1.54, 1.807) is 24.3 Å². The van der Waals surface area contributed by atoms with Gasteiger partial charge in [0.25, 0.3) is 5.91 Å². The maximum atomic E-state index is 12.2. The van der Waals surface area contributed by atoms with Gasteiger partial charge in [0.1, 0.15) is 16.6 Å². The molecule has 0 aromatic heterocycles. The van der Waals surface area contributed by atoms with Crippen molar-refractivity contribution in [2.75, 3.05) is 13.2 Å². The van der Waals surface area contributed by atoms with Crippen LogP contribution in [0, 0.1) is 0 Å². The first kappa shape index (κ1) is 17.0. The van der Waals surface area contributed by atoms with E-state index in [1.165, 1.54) is 6.08 Å². The molecule has 0 unspecified atom stereocenters. The molecule has 1 amide bonds. The van der Waals surface area contributed by atoms with E-state index in [0.717, 1.165) is 16.7 Å². The Bertz CT molecular complexity index is 715. The molecule has 0 saturated carbocycles. The number of benzene rings is 1. The van der Waals surface area contributed by atoms with Crippen molar-refractivity contribution in [2.24, 2.45) is 0 Å². The monoisotopic (exact) mass is 353 g/mol. The minimum absolute atomic E-state index is 0.160. The van der Waals surface area contributed by atoms with Gasteiger partial charge in [0, 0.05) is 5.56 Å². The molecule has 9 heteroatoms. The summed E-state index contributed by atoms with van der Waals surface area (Å²) in [5.41, 5.74) is 0.504. The third-order valence-electron chi connectivity index (χ3n) is 2.72. The second-order valence-corrected chi connectivity index (χ2v) is 6.06. The fraction of sp³-hybridized carbons (Fsp3) is 0.143. The van der Waals surface area contributed by atoms with Gasteiger partial charge in [0.15, 0.2) is 6.61 Å². The second-order valence-electron chi connectivity index (χ2n) is 4.38. The van der Waals surface area contributed by atoms with Crippen LogP contribution in [-0.2, 0) is 14.4 Å². The van der Waals surface area contributed by atoms with Crippen molar-refractivity contribution in [3.05, 3.63) is 34.7 Å². The molecule has 23 heavy (non-hydrogen) atoms. The minimum Gasteiger partial charge on any atom is -0.481 e. The van der Waals surface area contributed by atoms with E-state index >= 15 is 0 Å². The van der Waals surface area contributed by atoms with Gasteiger partial charge in [-0.25, -0.2) is 4.79 Å². The number of hydrogen-bond acceptors (Lipinski definition) is 6. The van der Waals surface area contributed by atoms with E-state index in [4.69, 9.17) is 27.2 Å². The summed E-state index contributed by atoms with van der Waals surface area (Å²) in [6.45, 7) is -1.01. The predicted octanol–water partition coefficient (Wildman–Crippen LogP) is 1.44. The molecule has 7 nitrogen and oxygen atoms in total. The number of amides is 1. The highest BCUT2D eigenvalue weighted by atomic mass is 32.2. The fourth-order valence-corrected chi connectivity index (χ4v) is 3.03. The quantitative estimate of drug-likeness (QED) is 0.585. The second kappa shape index (κ2) is 7.25. The Kier molecular flexibility index (Phi) is 5.35. The van der Waals surface area contributed by atoms with E-state index in [-0.39, 0.29) is 9.23 Å². The van der Waals surface area contributed by atoms with E-state index in [1.807, 2.05) is 0 Å². The molecule has 1 saturated heterocycles. The molecular formula is C14H11NO6S2. The molecule has 2 N–H and O–H groups in total. The minimum atomic E-state index is -1.16. The summed E-state index contributed by atoms with van der Waals surface area (Å²) in [6, 6.07) is 6.61. The van der Waals surface area contributed by atoms with Gasteiger partial charge in [-0.05, 0) is 12.1 Å². The number of aliphatic carboxylic acids is 2. The number of carboxylic acids is 2. The standard InChI is InChI=1S/C14H11NO6S2/c16-11(17)6-15-13(20)10(23-14(15)22)5-8-3-1-2-4-9(8)21-7-12(18)19/h1-5H,6-7H2,(H,16,17)(H,18,19)/b10-5+. The van der Waals surface area contributed by atoms with Crippen LogP contribution in [0.25, 0.3) is 6.08 Å². The van der Waals surface area contributed by atoms with Crippen LogP contribution in [0.1, 0.15) is 5.56 Å². The highest BCUT2D eigenvalue weighted by molar-refractivity contribution is 8.26. The summed E-state index contributed by atoms with van der Waals surface area (Å²) in [6.07, 6.45) is 1.50. The zero-order valence-electron chi connectivity index (χ0n) is 11.6. The van der Waals surface area contributed by atoms with E-state index in [0.29, 0.717) is 11.3 Å². The third kappa shape index (κ3) is 4.30. The summed E-state index contributed by atoms with van der Waals surface area (Å²) in [5.74, 6) is -2.48. The topological polar surface area (TPSA) is 104 Å². The Morgan fingerprint density at radius 1 is 1.26 bits per heavy atom. The van der Waals surface area contributed by atoms with Crippen LogP contribution in [0.3, 0.4) is 0 Å². The number of para-hydroxylation sites is 1. The van der Waals surface area contributed by atoms with Gasteiger partial charge < -0.3 is 14.9 Å². The molecule has 2 rings (SSSR count). The number of thioether (sulfide) groups is 1.